The maximum absolute atomic E-state index is 12.6. The number of hydrogen-bond acceptors (Lipinski definition) is 3. The minimum Gasteiger partial charge on any atom is -0.390 e. The topological polar surface area (TPSA) is 62.2 Å². The highest BCUT2D eigenvalue weighted by atomic mass is 16.3. The highest BCUT2D eigenvalue weighted by Gasteiger charge is 2.29. The monoisotopic (exact) mass is 312 g/mol. The molecular weight excluding hydrogens is 288 g/mol. The average Bonchev–Trinajstić information content (AvgIpc) is 2.59. The van der Waals surface area contributed by atoms with Gasteiger partial charge in [-0.15, -0.1) is 0 Å². The lowest BCUT2D eigenvalue weighted by molar-refractivity contribution is -0.125. The van der Waals surface area contributed by atoms with Gasteiger partial charge in [-0.2, -0.15) is 0 Å². The van der Waals surface area contributed by atoms with Crippen LogP contribution in [0.25, 0.3) is 0 Å². The van der Waals surface area contributed by atoms with Crippen LogP contribution in [-0.2, 0) is 29.8 Å². The maximum atomic E-state index is 12.6. The minimum absolute atomic E-state index is 0.0436. The van der Waals surface area contributed by atoms with Crippen molar-refractivity contribution >= 4 is 5.91 Å². The van der Waals surface area contributed by atoms with Gasteiger partial charge in [-0.3, -0.25) is 9.78 Å². The molecule has 4 heteroatoms. The Labute approximate surface area is 137 Å². The van der Waals surface area contributed by atoms with Crippen molar-refractivity contribution < 1.29 is 9.90 Å². The van der Waals surface area contributed by atoms with Crippen LogP contribution in [0.4, 0.5) is 0 Å². The molecule has 23 heavy (non-hydrogen) atoms. The van der Waals surface area contributed by atoms with E-state index in [1.54, 1.807) is 6.07 Å². The van der Waals surface area contributed by atoms with Crippen LogP contribution in [0.3, 0.4) is 0 Å². The van der Waals surface area contributed by atoms with Gasteiger partial charge in [0.25, 0.3) is 0 Å². The van der Waals surface area contributed by atoms with Crippen molar-refractivity contribution in [3.05, 3.63) is 65.0 Å². The van der Waals surface area contributed by atoms with Crippen LogP contribution in [0, 0.1) is 0 Å². The fraction of sp³-hybridized carbons (Fsp3) is 0.368. The number of hydrogen-bond donors (Lipinski definition) is 2. The van der Waals surface area contributed by atoms with Gasteiger partial charge in [0.1, 0.15) is 0 Å². The third kappa shape index (κ3) is 4.17. The summed E-state index contributed by atoms with van der Waals surface area (Å²) in [5, 5.41) is 12.0. The van der Waals surface area contributed by atoms with Crippen molar-refractivity contribution in [1.29, 1.82) is 0 Å². The van der Waals surface area contributed by atoms with Crippen molar-refractivity contribution in [3.8, 4) is 0 Å². The summed E-state index contributed by atoms with van der Waals surface area (Å²) in [6, 6.07) is 13.6. The Kier molecular flexibility index (Phi) is 5.50. The quantitative estimate of drug-likeness (QED) is 0.862. The SMILES string of the molecule is CCc1ccc(C(C)(C)C(=O)NCc2cccc(CO)n2)cc1. The van der Waals surface area contributed by atoms with E-state index >= 15 is 0 Å². The average molecular weight is 312 g/mol. The molecule has 1 heterocycles. The molecule has 2 N–H and O–H groups in total. The van der Waals surface area contributed by atoms with Crippen LogP contribution < -0.4 is 5.32 Å². The Hall–Kier alpha value is -2.20. The molecule has 122 valence electrons. The van der Waals surface area contributed by atoms with Crippen molar-refractivity contribution in [1.82, 2.24) is 10.3 Å². The molecule has 2 rings (SSSR count). The third-order valence-electron chi connectivity index (χ3n) is 4.11. The van der Waals surface area contributed by atoms with Crippen molar-refractivity contribution in [3.63, 3.8) is 0 Å². The highest BCUT2D eigenvalue weighted by Crippen LogP contribution is 2.24. The summed E-state index contributed by atoms with van der Waals surface area (Å²) in [5.74, 6) is -0.0436. The minimum atomic E-state index is -0.610. The molecule has 2 aromatic rings. The van der Waals surface area contributed by atoms with E-state index in [1.165, 1.54) is 5.56 Å². The Balaban J connectivity index is 2.05. The molecule has 0 radical (unpaired) electrons. The van der Waals surface area contributed by atoms with Crippen molar-refractivity contribution in [2.45, 2.75) is 45.8 Å². The molecule has 1 amide bonds. The van der Waals surface area contributed by atoms with Gasteiger partial charge < -0.3 is 10.4 Å². The Morgan fingerprint density at radius 1 is 1.13 bits per heavy atom. The number of rotatable bonds is 6. The normalized spacial score (nSPS) is 11.3. The number of carbonyl (C=O) groups is 1. The van der Waals surface area contributed by atoms with Crippen LogP contribution in [0.2, 0.25) is 0 Å². The summed E-state index contributed by atoms with van der Waals surface area (Å²) in [4.78, 5) is 16.8. The number of benzene rings is 1. The number of pyridine rings is 1. The number of aliphatic hydroxyl groups excluding tert-OH is 1. The summed E-state index contributed by atoms with van der Waals surface area (Å²) in [6.07, 6.45) is 0.986. The number of carbonyl (C=O) groups excluding carboxylic acids is 1. The molecule has 0 aliphatic heterocycles. The van der Waals surface area contributed by atoms with Gasteiger partial charge in [0.15, 0.2) is 0 Å². The molecule has 1 aromatic heterocycles. The fourth-order valence-electron chi connectivity index (χ4n) is 2.40. The van der Waals surface area contributed by atoms with Gasteiger partial charge in [0.2, 0.25) is 5.91 Å². The van der Waals surface area contributed by atoms with Gasteiger partial charge in [0, 0.05) is 0 Å². The molecule has 0 bridgehead atoms. The number of aliphatic hydroxyl groups is 1. The Bertz CT molecular complexity index is 663. The van der Waals surface area contributed by atoms with Crippen LogP contribution in [0.15, 0.2) is 42.5 Å². The van der Waals surface area contributed by atoms with E-state index in [0.717, 1.165) is 17.7 Å². The van der Waals surface area contributed by atoms with Gasteiger partial charge >= 0.3 is 0 Å². The number of amides is 1. The molecular formula is C19H24N2O2. The summed E-state index contributed by atoms with van der Waals surface area (Å²) >= 11 is 0. The second-order valence-electron chi connectivity index (χ2n) is 6.14. The Morgan fingerprint density at radius 2 is 1.78 bits per heavy atom. The smallest absolute Gasteiger partial charge is 0.230 e. The zero-order valence-corrected chi connectivity index (χ0v) is 14.0. The molecule has 4 nitrogen and oxygen atoms in total. The Morgan fingerprint density at radius 3 is 2.39 bits per heavy atom. The van der Waals surface area contributed by atoms with Crippen LogP contribution in [0.5, 0.6) is 0 Å². The van der Waals surface area contributed by atoms with Gasteiger partial charge in [-0.1, -0.05) is 37.3 Å². The third-order valence-corrected chi connectivity index (χ3v) is 4.11. The van der Waals surface area contributed by atoms with Gasteiger partial charge in [-0.25, -0.2) is 0 Å². The molecule has 0 fully saturated rings. The lowest BCUT2D eigenvalue weighted by Crippen LogP contribution is -2.39. The van der Waals surface area contributed by atoms with E-state index < -0.39 is 5.41 Å². The lowest BCUT2D eigenvalue weighted by Gasteiger charge is -2.24. The van der Waals surface area contributed by atoms with Crippen LogP contribution >= 0.6 is 0 Å². The first-order valence-electron chi connectivity index (χ1n) is 7.90. The highest BCUT2D eigenvalue weighted by molar-refractivity contribution is 5.87. The molecule has 0 atom stereocenters. The molecule has 0 saturated heterocycles. The molecule has 0 aliphatic rings. The number of aryl methyl sites for hydroxylation is 1. The number of nitrogens with zero attached hydrogens (tertiary/aromatic N) is 1. The molecule has 0 spiro atoms. The van der Waals surface area contributed by atoms with Gasteiger partial charge in [-0.05, 0) is 43.5 Å². The summed E-state index contributed by atoms with van der Waals surface area (Å²) in [5.41, 5.74) is 2.98. The first kappa shape index (κ1) is 17.2. The number of nitrogens with one attached hydrogen (secondary N) is 1. The maximum Gasteiger partial charge on any atom is 0.230 e. The largest absolute Gasteiger partial charge is 0.390 e. The number of aromatic nitrogens is 1. The molecule has 1 aromatic carbocycles. The van der Waals surface area contributed by atoms with E-state index in [4.69, 9.17) is 5.11 Å². The first-order chi connectivity index (χ1) is 11.0. The predicted octanol–water partition coefficient (Wildman–Crippen LogP) is 2.73. The fourth-order valence-corrected chi connectivity index (χ4v) is 2.40. The molecule has 0 saturated carbocycles. The molecule has 0 aliphatic carbocycles. The van der Waals surface area contributed by atoms with Crippen LogP contribution in [0.1, 0.15) is 43.3 Å². The summed E-state index contributed by atoms with van der Waals surface area (Å²) < 4.78 is 0. The van der Waals surface area contributed by atoms with Crippen LogP contribution in [-0.4, -0.2) is 16.0 Å². The first-order valence-corrected chi connectivity index (χ1v) is 7.90. The standard InChI is InChI=1S/C19H24N2O2/c1-4-14-8-10-15(11-9-14)19(2,3)18(23)20-12-16-6-5-7-17(13-22)21-16/h5-11,22H,4,12-13H2,1-3H3,(H,20,23). The van der Waals surface area contributed by atoms with Gasteiger partial charge in [0.05, 0.1) is 30.0 Å². The zero-order valence-electron chi connectivity index (χ0n) is 14.0. The summed E-state index contributed by atoms with van der Waals surface area (Å²) in [6.45, 7) is 6.20. The van der Waals surface area contributed by atoms with E-state index in [2.05, 4.69) is 29.4 Å². The van der Waals surface area contributed by atoms with Crippen molar-refractivity contribution in [2.24, 2.45) is 0 Å². The lowest BCUT2D eigenvalue weighted by atomic mass is 9.83. The second-order valence-corrected chi connectivity index (χ2v) is 6.14. The second kappa shape index (κ2) is 7.38. The van der Waals surface area contributed by atoms with E-state index in [1.807, 2.05) is 38.1 Å². The summed E-state index contributed by atoms with van der Waals surface area (Å²) in [7, 11) is 0. The zero-order chi connectivity index (χ0) is 16.9. The predicted molar refractivity (Wildman–Crippen MR) is 90.9 cm³/mol. The van der Waals surface area contributed by atoms with Crippen molar-refractivity contribution in [2.75, 3.05) is 0 Å². The molecule has 0 unspecified atom stereocenters. The van der Waals surface area contributed by atoms with E-state index in [0.29, 0.717) is 12.2 Å². The van der Waals surface area contributed by atoms with E-state index in [9.17, 15) is 4.79 Å². The van der Waals surface area contributed by atoms with E-state index in [-0.39, 0.29) is 12.5 Å².